The van der Waals surface area contributed by atoms with Gasteiger partial charge >= 0.3 is 0 Å². The Morgan fingerprint density at radius 3 is 2.58 bits per heavy atom. The largest absolute Gasteiger partial charge is 0.315 e. The molecule has 3 nitrogen and oxygen atoms in total. The molecular weight excluding hydrogens is 154 g/mol. The zero-order valence-corrected chi connectivity index (χ0v) is 7.43. The molecule has 0 aromatic heterocycles. The van der Waals surface area contributed by atoms with Crippen LogP contribution < -0.4 is 5.32 Å². The topological polar surface area (TPSA) is 46.2 Å². The quantitative estimate of drug-likeness (QED) is 0.611. The molecule has 0 aliphatic carbocycles. The van der Waals surface area contributed by atoms with E-state index in [1.807, 2.05) is 6.92 Å². The summed E-state index contributed by atoms with van der Waals surface area (Å²) >= 11 is 0. The smallest absolute Gasteiger partial charge is 0.133 e. The first-order valence-electron chi connectivity index (χ1n) is 4.38. The fourth-order valence-corrected chi connectivity index (χ4v) is 1.54. The van der Waals surface area contributed by atoms with E-state index >= 15 is 0 Å². The molecule has 0 amide bonds. The highest BCUT2D eigenvalue weighted by atomic mass is 16.1. The van der Waals surface area contributed by atoms with Gasteiger partial charge in [-0.1, -0.05) is 6.92 Å². The molecule has 1 aliphatic rings. The van der Waals surface area contributed by atoms with Crippen LogP contribution in [0.2, 0.25) is 0 Å². The van der Waals surface area contributed by atoms with Crippen molar-refractivity contribution < 1.29 is 9.59 Å². The van der Waals surface area contributed by atoms with Crippen molar-refractivity contribution in [2.45, 2.75) is 26.2 Å². The number of ketones is 1. The highest BCUT2D eigenvalue weighted by Gasteiger charge is 2.37. The zero-order chi connectivity index (χ0) is 9.03. The lowest BCUT2D eigenvalue weighted by Crippen LogP contribution is -2.54. The van der Waals surface area contributed by atoms with Gasteiger partial charge in [-0.15, -0.1) is 0 Å². The molecule has 0 aromatic rings. The lowest BCUT2D eigenvalue weighted by Gasteiger charge is -2.41. The molecule has 0 aromatic carbocycles. The maximum atomic E-state index is 11.2. The monoisotopic (exact) mass is 169 g/mol. The van der Waals surface area contributed by atoms with Crippen molar-refractivity contribution in [1.29, 1.82) is 0 Å². The number of Topliss-reactive ketones (excluding diaryl/α,β-unsaturated/α-hetero) is 1. The SMILES string of the molecule is CCC(=O)CC1(CC=O)CNC1. The van der Waals surface area contributed by atoms with E-state index < -0.39 is 0 Å². The number of hydrogen-bond donors (Lipinski definition) is 1. The van der Waals surface area contributed by atoms with E-state index in [9.17, 15) is 9.59 Å². The van der Waals surface area contributed by atoms with Gasteiger partial charge in [-0.2, -0.15) is 0 Å². The minimum atomic E-state index is -0.0329. The van der Waals surface area contributed by atoms with E-state index in [0.29, 0.717) is 19.3 Å². The third-order valence-corrected chi connectivity index (χ3v) is 2.48. The highest BCUT2D eigenvalue weighted by molar-refractivity contribution is 5.79. The summed E-state index contributed by atoms with van der Waals surface area (Å²) in [5.41, 5.74) is -0.0329. The third kappa shape index (κ3) is 1.91. The molecule has 68 valence electrons. The normalized spacial score (nSPS) is 19.8. The summed E-state index contributed by atoms with van der Waals surface area (Å²) in [6.45, 7) is 3.50. The molecule has 3 heteroatoms. The van der Waals surface area contributed by atoms with E-state index in [1.165, 1.54) is 0 Å². The van der Waals surface area contributed by atoms with Gasteiger partial charge in [0, 0.05) is 37.8 Å². The van der Waals surface area contributed by atoms with E-state index in [0.717, 1.165) is 19.4 Å². The fraction of sp³-hybridized carbons (Fsp3) is 0.778. The molecule has 1 aliphatic heterocycles. The Morgan fingerprint density at radius 2 is 2.25 bits per heavy atom. The zero-order valence-electron chi connectivity index (χ0n) is 7.43. The van der Waals surface area contributed by atoms with Gasteiger partial charge in [0.1, 0.15) is 12.1 Å². The molecule has 1 fully saturated rings. The summed E-state index contributed by atoms with van der Waals surface area (Å²) in [7, 11) is 0. The Morgan fingerprint density at radius 1 is 1.58 bits per heavy atom. The van der Waals surface area contributed by atoms with Crippen LogP contribution in [0.3, 0.4) is 0 Å². The van der Waals surface area contributed by atoms with E-state index in [4.69, 9.17) is 0 Å². The van der Waals surface area contributed by atoms with Crippen LogP contribution in [0, 0.1) is 5.41 Å². The number of carbonyl (C=O) groups excluding carboxylic acids is 2. The van der Waals surface area contributed by atoms with Crippen molar-refractivity contribution in [1.82, 2.24) is 5.32 Å². The molecule has 0 unspecified atom stereocenters. The van der Waals surface area contributed by atoms with Crippen LogP contribution >= 0.6 is 0 Å². The molecule has 0 bridgehead atoms. The lowest BCUT2D eigenvalue weighted by atomic mass is 9.74. The standard InChI is InChI=1S/C9H15NO2/c1-2-8(12)5-9(3-4-11)6-10-7-9/h4,10H,2-3,5-7H2,1H3. The first-order chi connectivity index (χ1) is 5.72. The van der Waals surface area contributed by atoms with Crippen LogP contribution in [0.4, 0.5) is 0 Å². The number of hydrogen-bond acceptors (Lipinski definition) is 3. The maximum Gasteiger partial charge on any atom is 0.133 e. The molecular formula is C9H15NO2. The first kappa shape index (κ1) is 9.39. The second-order valence-electron chi connectivity index (χ2n) is 3.54. The van der Waals surface area contributed by atoms with Gasteiger partial charge in [0.2, 0.25) is 0 Å². The van der Waals surface area contributed by atoms with Gasteiger partial charge in [-0.25, -0.2) is 0 Å². The predicted molar refractivity (Wildman–Crippen MR) is 45.9 cm³/mol. The third-order valence-electron chi connectivity index (χ3n) is 2.48. The van der Waals surface area contributed by atoms with Crippen LogP contribution in [0.1, 0.15) is 26.2 Å². The average molecular weight is 169 g/mol. The second kappa shape index (κ2) is 3.81. The van der Waals surface area contributed by atoms with Gasteiger partial charge in [-0.3, -0.25) is 4.79 Å². The molecule has 1 rings (SSSR count). The number of carbonyl (C=O) groups is 2. The van der Waals surface area contributed by atoms with Crippen LogP contribution in [0.25, 0.3) is 0 Å². The summed E-state index contributed by atoms with van der Waals surface area (Å²) in [5.74, 6) is 0.262. The molecule has 0 saturated carbocycles. The van der Waals surface area contributed by atoms with Gasteiger partial charge in [0.25, 0.3) is 0 Å². The maximum absolute atomic E-state index is 11.2. The Kier molecular flexibility index (Phi) is 2.98. The van der Waals surface area contributed by atoms with Crippen LogP contribution in [-0.4, -0.2) is 25.2 Å². The van der Waals surface area contributed by atoms with E-state index in [1.54, 1.807) is 0 Å². The summed E-state index contributed by atoms with van der Waals surface area (Å²) in [5, 5.41) is 3.11. The highest BCUT2D eigenvalue weighted by Crippen LogP contribution is 2.30. The first-order valence-corrected chi connectivity index (χ1v) is 4.38. The molecule has 1 saturated heterocycles. The summed E-state index contributed by atoms with van der Waals surface area (Å²) in [6, 6.07) is 0. The number of aldehydes is 1. The van der Waals surface area contributed by atoms with Crippen molar-refractivity contribution >= 4 is 12.1 Å². The van der Waals surface area contributed by atoms with Crippen molar-refractivity contribution in [3.8, 4) is 0 Å². The van der Waals surface area contributed by atoms with Gasteiger partial charge in [-0.05, 0) is 0 Å². The van der Waals surface area contributed by atoms with Crippen molar-refractivity contribution in [2.75, 3.05) is 13.1 Å². The average Bonchev–Trinajstić information content (AvgIpc) is 2.00. The number of nitrogens with one attached hydrogen (secondary N) is 1. The Labute approximate surface area is 72.5 Å². The molecule has 1 N–H and O–H groups in total. The van der Waals surface area contributed by atoms with Gasteiger partial charge in [0.15, 0.2) is 0 Å². The van der Waals surface area contributed by atoms with Crippen molar-refractivity contribution in [2.24, 2.45) is 5.41 Å². The van der Waals surface area contributed by atoms with Crippen molar-refractivity contribution in [3.63, 3.8) is 0 Å². The second-order valence-corrected chi connectivity index (χ2v) is 3.54. The molecule has 12 heavy (non-hydrogen) atoms. The lowest BCUT2D eigenvalue weighted by molar-refractivity contribution is -0.122. The Bertz CT molecular complexity index is 185. The van der Waals surface area contributed by atoms with Crippen LogP contribution in [0.15, 0.2) is 0 Å². The summed E-state index contributed by atoms with van der Waals surface area (Å²) in [4.78, 5) is 21.5. The van der Waals surface area contributed by atoms with E-state index in [-0.39, 0.29) is 11.2 Å². The number of rotatable bonds is 5. The fourth-order valence-electron chi connectivity index (χ4n) is 1.54. The molecule has 0 radical (unpaired) electrons. The molecule has 0 spiro atoms. The van der Waals surface area contributed by atoms with Gasteiger partial charge in [0.05, 0.1) is 0 Å². The Hall–Kier alpha value is -0.700. The predicted octanol–water partition coefficient (Wildman–Crippen LogP) is 0.534. The van der Waals surface area contributed by atoms with Crippen LogP contribution in [0.5, 0.6) is 0 Å². The molecule has 0 atom stereocenters. The van der Waals surface area contributed by atoms with Gasteiger partial charge < -0.3 is 10.1 Å². The van der Waals surface area contributed by atoms with Crippen LogP contribution in [-0.2, 0) is 9.59 Å². The van der Waals surface area contributed by atoms with Crippen molar-refractivity contribution in [3.05, 3.63) is 0 Å². The molecule has 1 heterocycles. The van der Waals surface area contributed by atoms with E-state index in [2.05, 4.69) is 5.32 Å². The summed E-state index contributed by atoms with van der Waals surface area (Å²) < 4.78 is 0. The summed E-state index contributed by atoms with van der Waals surface area (Å²) in [6.07, 6.45) is 2.59. The Balaban J connectivity index is 2.44. The minimum Gasteiger partial charge on any atom is -0.315 e. The minimum absolute atomic E-state index is 0.0329.